The van der Waals surface area contributed by atoms with Gasteiger partial charge in [0.15, 0.2) is 0 Å². The number of benzene rings is 2. The molecule has 2 bridgehead atoms. The molecular weight excluding hydrogens is 552 g/mol. The van der Waals surface area contributed by atoms with E-state index < -0.39 is 35.6 Å². The van der Waals surface area contributed by atoms with Gasteiger partial charge < -0.3 is 34.9 Å². The number of likely N-dealkylation sites (tertiary alicyclic amines) is 1. The smallest absolute Gasteiger partial charge is 0.245 e. The van der Waals surface area contributed by atoms with Gasteiger partial charge in [0.25, 0.3) is 0 Å². The number of amides is 3. The van der Waals surface area contributed by atoms with Crippen LogP contribution in [0.1, 0.15) is 31.4 Å². The Morgan fingerprint density at radius 1 is 1.09 bits per heavy atom. The van der Waals surface area contributed by atoms with Crippen molar-refractivity contribution in [3.8, 4) is 5.75 Å². The normalized spacial score (nSPS) is 28.9. The van der Waals surface area contributed by atoms with Crippen LogP contribution in [0.15, 0.2) is 54.6 Å². The summed E-state index contributed by atoms with van der Waals surface area (Å²) < 4.78 is 17.5. The molecular formula is C32H40N4O7. The topological polar surface area (TPSA) is 130 Å². The molecule has 0 radical (unpaired) electrons. The van der Waals surface area contributed by atoms with Crippen LogP contribution in [-0.4, -0.2) is 103 Å². The first-order chi connectivity index (χ1) is 21.0. The van der Waals surface area contributed by atoms with Crippen LogP contribution in [0.25, 0.3) is 0 Å². The second-order valence-electron chi connectivity index (χ2n) is 11.6. The number of nitrogens with zero attached hydrogens (tertiary/aromatic N) is 2. The number of fused-ring (bicyclic) bond motifs is 1. The summed E-state index contributed by atoms with van der Waals surface area (Å²) >= 11 is 0. The summed E-state index contributed by atoms with van der Waals surface area (Å²) in [5, 5.41) is 16.6. The molecule has 43 heavy (non-hydrogen) atoms. The number of ether oxygens (including phenoxy) is 3. The van der Waals surface area contributed by atoms with E-state index in [1.54, 1.807) is 24.3 Å². The Morgan fingerprint density at radius 3 is 2.53 bits per heavy atom. The lowest BCUT2D eigenvalue weighted by Gasteiger charge is -2.37. The van der Waals surface area contributed by atoms with Crippen molar-refractivity contribution >= 4 is 23.4 Å². The number of carbonyl (C=O) groups excluding carboxylic acids is 3. The number of carbonyl (C=O) groups is 3. The van der Waals surface area contributed by atoms with Crippen LogP contribution in [0, 0.1) is 11.8 Å². The minimum atomic E-state index is -1.16. The molecule has 230 valence electrons. The van der Waals surface area contributed by atoms with E-state index in [0.717, 1.165) is 13.1 Å². The average Bonchev–Trinajstić information content (AvgIpc) is 3.67. The summed E-state index contributed by atoms with van der Waals surface area (Å²) in [7, 11) is 0. The molecule has 4 aliphatic heterocycles. The molecule has 2 unspecified atom stereocenters. The quantitative estimate of drug-likeness (QED) is 0.359. The molecule has 6 rings (SSSR count). The summed E-state index contributed by atoms with van der Waals surface area (Å²) in [5.74, 6) is -1.90. The first-order valence-corrected chi connectivity index (χ1v) is 15.2. The summed E-state index contributed by atoms with van der Waals surface area (Å²) in [6.07, 6.45) is 0.559. The number of morpholine rings is 1. The van der Waals surface area contributed by atoms with Crippen LogP contribution in [0.5, 0.6) is 5.75 Å². The van der Waals surface area contributed by atoms with Gasteiger partial charge in [-0.2, -0.15) is 0 Å². The fraction of sp³-hybridized carbons (Fsp3) is 0.531. The Hall–Kier alpha value is -3.51. The monoisotopic (exact) mass is 592 g/mol. The molecule has 4 aliphatic rings. The van der Waals surface area contributed by atoms with Gasteiger partial charge in [0.2, 0.25) is 17.7 Å². The van der Waals surface area contributed by atoms with Crippen molar-refractivity contribution in [2.75, 3.05) is 57.9 Å². The molecule has 11 nitrogen and oxygen atoms in total. The van der Waals surface area contributed by atoms with Crippen molar-refractivity contribution in [3.63, 3.8) is 0 Å². The fourth-order valence-corrected chi connectivity index (χ4v) is 7.34. The lowest BCUT2D eigenvalue weighted by molar-refractivity contribution is -0.145. The fourth-order valence-electron chi connectivity index (χ4n) is 7.34. The number of nitrogens with one attached hydrogen (secondary N) is 2. The van der Waals surface area contributed by atoms with Crippen molar-refractivity contribution < 1.29 is 33.7 Å². The highest BCUT2D eigenvalue weighted by Crippen LogP contribution is 2.59. The van der Waals surface area contributed by atoms with Gasteiger partial charge in [-0.25, -0.2) is 0 Å². The third kappa shape index (κ3) is 5.50. The number of hydrogen-bond acceptors (Lipinski definition) is 8. The molecule has 3 amide bonds. The van der Waals surface area contributed by atoms with Crippen molar-refractivity contribution in [2.24, 2.45) is 11.8 Å². The van der Waals surface area contributed by atoms with Gasteiger partial charge in [-0.05, 0) is 49.6 Å². The number of hydrogen-bond donors (Lipinski definition) is 3. The number of rotatable bonds is 11. The van der Waals surface area contributed by atoms with Crippen molar-refractivity contribution in [3.05, 3.63) is 60.2 Å². The first-order valence-electron chi connectivity index (χ1n) is 15.2. The second kappa shape index (κ2) is 12.6. The Labute approximate surface area is 251 Å². The van der Waals surface area contributed by atoms with Crippen LogP contribution in [0.2, 0.25) is 0 Å². The first kappa shape index (κ1) is 29.6. The molecule has 2 aromatic carbocycles. The van der Waals surface area contributed by atoms with E-state index in [2.05, 4.69) is 15.5 Å². The van der Waals surface area contributed by atoms with Gasteiger partial charge in [-0.3, -0.25) is 19.3 Å². The summed E-state index contributed by atoms with van der Waals surface area (Å²) in [6.45, 7) is 6.04. The summed E-state index contributed by atoms with van der Waals surface area (Å²) in [5.41, 5.74) is 0.140. The summed E-state index contributed by atoms with van der Waals surface area (Å²) in [4.78, 5) is 45.9. The SMILES string of the molecule is CCOc1ccc(NC(=O)[C@@H]2[C@@H]3CCC4(O3)C(C(=O)NCCN3CCOCC3)N([C@H](CO)c3ccccc3)C(=O)[C@H]24)cc1. The molecule has 4 fully saturated rings. The molecule has 0 aliphatic carbocycles. The highest BCUT2D eigenvalue weighted by Gasteiger charge is 2.75. The zero-order chi connectivity index (χ0) is 30.0. The van der Waals surface area contributed by atoms with Gasteiger partial charge >= 0.3 is 0 Å². The zero-order valence-corrected chi connectivity index (χ0v) is 24.4. The van der Waals surface area contributed by atoms with Crippen LogP contribution in [0.4, 0.5) is 5.69 Å². The van der Waals surface area contributed by atoms with E-state index in [1.807, 2.05) is 37.3 Å². The Bertz CT molecular complexity index is 1300. The molecule has 0 saturated carbocycles. The van der Waals surface area contributed by atoms with Crippen molar-refractivity contribution in [1.82, 2.24) is 15.1 Å². The number of aliphatic hydroxyl groups excluding tert-OH is 1. The summed E-state index contributed by atoms with van der Waals surface area (Å²) in [6, 6.07) is 14.5. The van der Waals surface area contributed by atoms with Crippen LogP contribution >= 0.6 is 0 Å². The lowest BCUT2D eigenvalue weighted by atomic mass is 9.70. The standard InChI is InChI=1S/C32H40N4O7/c1-2-42-23-10-8-22(9-11-23)34-29(38)26-25-12-13-32(43-25)27(26)31(40)36(24(20-37)21-6-4-3-5-7-21)28(32)30(39)33-14-15-35-16-18-41-19-17-35/h3-11,24-28,37H,2,12-20H2,1H3,(H,33,39)(H,34,38)/t24-,25+,26-,27+,28?,32?/m1/s1. The second-order valence-corrected chi connectivity index (χ2v) is 11.6. The van der Waals surface area contributed by atoms with Crippen LogP contribution in [-0.2, 0) is 23.9 Å². The maximum atomic E-state index is 14.4. The zero-order valence-electron chi connectivity index (χ0n) is 24.4. The Kier molecular flexibility index (Phi) is 8.67. The molecule has 3 N–H and O–H groups in total. The molecule has 1 spiro atoms. The van der Waals surface area contributed by atoms with Gasteiger partial charge in [0.05, 0.1) is 50.4 Å². The predicted molar refractivity (Wildman–Crippen MR) is 157 cm³/mol. The molecule has 0 aromatic heterocycles. The van der Waals surface area contributed by atoms with E-state index in [9.17, 15) is 19.5 Å². The average molecular weight is 593 g/mol. The molecule has 11 heteroatoms. The van der Waals surface area contributed by atoms with Gasteiger partial charge in [0, 0.05) is 31.9 Å². The third-order valence-corrected chi connectivity index (χ3v) is 9.25. The maximum Gasteiger partial charge on any atom is 0.245 e. The van der Waals surface area contributed by atoms with Gasteiger partial charge in [0.1, 0.15) is 17.4 Å². The van der Waals surface area contributed by atoms with Crippen molar-refractivity contribution in [2.45, 2.75) is 43.6 Å². The molecule has 4 heterocycles. The van der Waals surface area contributed by atoms with Crippen LogP contribution < -0.4 is 15.4 Å². The molecule has 2 aromatic rings. The highest BCUT2D eigenvalue weighted by molar-refractivity contribution is 6.02. The minimum Gasteiger partial charge on any atom is -0.494 e. The van der Waals surface area contributed by atoms with E-state index in [1.165, 1.54) is 4.90 Å². The van der Waals surface area contributed by atoms with E-state index in [-0.39, 0.29) is 24.3 Å². The number of anilines is 1. The van der Waals surface area contributed by atoms with Gasteiger partial charge in [-0.1, -0.05) is 30.3 Å². The van der Waals surface area contributed by atoms with Gasteiger partial charge in [-0.15, -0.1) is 0 Å². The molecule has 6 atom stereocenters. The third-order valence-electron chi connectivity index (χ3n) is 9.25. The van der Waals surface area contributed by atoms with E-state index >= 15 is 0 Å². The van der Waals surface area contributed by atoms with E-state index in [4.69, 9.17) is 14.2 Å². The minimum absolute atomic E-state index is 0.317. The maximum absolute atomic E-state index is 14.4. The van der Waals surface area contributed by atoms with Crippen molar-refractivity contribution in [1.29, 1.82) is 0 Å². The van der Waals surface area contributed by atoms with E-state index in [0.29, 0.717) is 62.8 Å². The Balaban J connectivity index is 1.27. The highest BCUT2D eigenvalue weighted by atomic mass is 16.5. The van der Waals surface area contributed by atoms with Crippen LogP contribution in [0.3, 0.4) is 0 Å². The predicted octanol–water partition coefficient (Wildman–Crippen LogP) is 1.58. The lowest BCUT2D eigenvalue weighted by Crippen LogP contribution is -2.57. The number of aliphatic hydroxyl groups is 1. The molecule has 4 saturated heterocycles. The Morgan fingerprint density at radius 2 is 1.84 bits per heavy atom. The largest absolute Gasteiger partial charge is 0.494 e.